The molecule has 0 aromatic heterocycles. The standard InChI is InChI=1S/C12H24N2O2.Na.H/c1-8(10(15)16)13-9-6-11(2,3)14-12(4,5)7-9;;/h8-9,13-14H,6-7H2,1-5H3,(H,15,16);;. The molecule has 1 rings (SSSR count). The number of nitrogens with one attached hydrogen (secondary N) is 2. The van der Waals surface area contributed by atoms with E-state index in [1.54, 1.807) is 6.92 Å². The normalized spacial score (nSPS) is 24.8. The van der Waals surface area contributed by atoms with Gasteiger partial charge in [0.2, 0.25) is 0 Å². The van der Waals surface area contributed by atoms with Crippen LogP contribution in [0.3, 0.4) is 0 Å². The molecule has 1 saturated heterocycles. The van der Waals surface area contributed by atoms with E-state index in [0.29, 0.717) is 0 Å². The molecule has 1 unspecified atom stereocenters. The summed E-state index contributed by atoms with van der Waals surface area (Å²) in [6, 6.07) is -0.216. The number of carboxylic acid groups (broad SMARTS) is 1. The molecule has 0 saturated carbocycles. The zero-order chi connectivity index (χ0) is 12.6. The Labute approximate surface area is 126 Å². The number of aliphatic carboxylic acids is 1. The molecule has 5 heteroatoms. The predicted octanol–water partition coefficient (Wildman–Crippen LogP) is 0.710. The summed E-state index contributed by atoms with van der Waals surface area (Å²) < 4.78 is 0. The van der Waals surface area contributed by atoms with E-state index in [9.17, 15) is 4.79 Å². The Morgan fingerprint density at radius 1 is 1.29 bits per heavy atom. The predicted molar refractivity (Wildman–Crippen MR) is 71.7 cm³/mol. The SMILES string of the molecule is CC(NC1CC(C)(C)NC(C)(C)C1)C(=O)O.[NaH]. The van der Waals surface area contributed by atoms with Crippen LogP contribution in [0.4, 0.5) is 0 Å². The molecule has 17 heavy (non-hydrogen) atoms. The minimum absolute atomic E-state index is 0. The summed E-state index contributed by atoms with van der Waals surface area (Å²) in [6.45, 7) is 10.3. The number of hydrogen-bond donors (Lipinski definition) is 3. The van der Waals surface area contributed by atoms with Crippen molar-refractivity contribution < 1.29 is 9.90 Å². The molecule has 0 spiro atoms. The van der Waals surface area contributed by atoms with E-state index in [-0.39, 0.29) is 46.7 Å². The molecule has 4 nitrogen and oxygen atoms in total. The first-order valence-corrected chi connectivity index (χ1v) is 5.89. The Balaban J connectivity index is 0.00000256. The Hall–Kier alpha value is 0.390. The van der Waals surface area contributed by atoms with Crippen LogP contribution in [0.2, 0.25) is 0 Å². The van der Waals surface area contributed by atoms with Crippen molar-refractivity contribution >= 4 is 35.5 Å². The molecule has 0 aliphatic carbocycles. The van der Waals surface area contributed by atoms with Crippen molar-refractivity contribution in [2.45, 2.75) is 70.6 Å². The van der Waals surface area contributed by atoms with Crippen LogP contribution in [-0.2, 0) is 4.79 Å². The van der Waals surface area contributed by atoms with Gasteiger partial charge < -0.3 is 15.7 Å². The van der Waals surface area contributed by atoms with Crippen molar-refractivity contribution in [3.8, 4) is 0 Å². The maximum absolute atomic E-state index is 10.8. The molecule has 0 bridgehead atoms. The van der Waals surface area contributed by atoms with Crippen LogP contribution in [0.25, 0.3) is 0 Å². The Kier molecular flexibility index (Phi) is 6.16. The third-order valence-corrected chi connectivity index (χ3v) is 3.05. The van der Waals surface area contributed by atoms with Crippen LogP contribution in [0.5, 0.6) is 0 Å². The Bertz CT molecular complexity index is 264. The first-order valence-electron chi connectivity index (χ1n) is 5.89. The van der Waals surface area contributed by atoms with Crippen molar-refractivity contribution in [1.29, 1.82) is 0 Å². The summed E-state index contributed by atoms with van der Waals surface area (Å²) in [6.07, 6.45) is 1.90. The minimum atomic E-state index is -0.783. The summed E-state index contributed by atoms with van der Waals surface area (Å²) in [5.41, 5.74) is 0.106. The van der Waals surface area contributed by atoms with Crippen molar-refractivity contribution in [2.24, 2.45) is 0 Å². The third kappa shape index (κ3) is 5.71. The Morgan fingerprint density at radius 2 is 1.71 bits per heavy atom. The van der Waals surface area contributed by atoms with Gasteiger partial charge in [0, 0.05) is 17.1 Å². The van der Waals surface area contributed by atoms with E-state index in [1.807, 2.05) is 0 Å². The van der Waals surface area contributed by atoms with E-state index in [2.05, 4.69) is 38.3 Å². The van der Waals surface area contributed by atoms with Gasteiger partial charge in [-0.05, 0) is 47.5 Å². The Morgan fingerprint density at radius 3 is 2.06 bits per heavy atom. The fourth-order valence-electron chi connectivity index (χ4n) is 2.86. The van der Waals surface area contributed by atoms with Gasteiger partial charge >= 0.3 is 35.5 Å². The zero-order valence-electron chi connectivity index (χ0n) is 10.9. The zero-order valence-corrected chi connectivity index (χ0v) is 10.9. The van der Waals surface area contributed by atoms with Gasteiger partial charge in [0.05, 0.1) is 0 Å². The molecule has 1 fully saturated rings. The van der Waals surface area contributed by atoms with E-state index < -0.39 is 12.0 Å². The van der Waals surface area contributed by atoms with Crippen LogP contribution in [0, 0.1) is 0 Å². The molecule has 96 valence electrons. The van der Waals surface area contributed by atoms with Crippen molar-refractivity contribution in [2.75, 3.05) is 0 Å². The van der Waals surface area contributed by atoms with Gasteiger partial charge in [0.15, 0.2) is 0 Å². The monoisotopic (exact) mass is 252 g/mol. The van der Waals surface area contributed by atoms with Crippen LogP contribution in [-0.4, -0.2) is 63.8 Å². The van der Waals surface area contributed by atoms with Gasteiger partial charge in [-0.2, -0.15) is 0 Å². The average Bonchev–Trinajstić information content (AvgIpc) is 1.96. The fraction of sp³-hybridized carbons (Fsp3) is 0.917. The molecule has 1 heterocycles. The number of carboxylic acids is 1. The summed E-state index contributed by atoms with van der Waals surface area (Å²) >= 11 is 0. The van der Waals surface area contributed by atoms with E-state index >= 15 is 0 Å². The molecule has 3 N–H and O–H groups in total. The van der Waals surface area contributed by atoms with Gasteiger partial charge in [0.1, 0.15) is 6.04 Å². The molecular formula is C12H25N2NaO2. The van der Waals surface area contributed by atoms with Crippen molar-refractivity contribution in [1.82, 2.24) is 10.6 Å². The molecule has 0 aromatic rings. The van der Waals surface area contributed by atoms with Gasteiger partial charge in [-0.25, -0.2) is 0 Å². The molecule has 1 aliphatic heterocycles. The molecule has 1 aliphatic rings. The van der Waals surface area contributed by atoms with Crippen molar-refractivity contribution in [3.05, 3.63) is 0 Å². The first kappa shape index (κ1) is 17.4. The number of hydrogen-bond acceptors (Lipinski definition) is 3. The quantitative estimate of drug-likeness (QED) is 0.647. The summed E-state index contributed by atoms with van der Waals surface area (Å²) in [5, 5.41) is 15.7. The number of rotatable bonds is 3. The second kappa shape index (κ2) is 6.02. The second-order valence-corrected chi connectivity index (χ2v) is 6.22. The van der Waals surface area contributed by atoms with E-state index in [0.717, 1.165) is 12.8 Å². The van der Waals surface area contributed by atoms with Crippen LogP contribution in [0.1, 0.15) is 47.5 Å². The van der Waals surface area contributed by atoms with Crippen molar-refractivity contribution in [3.63, 3.8) is 0 Å². The molecule has 0 amide bonds. The summed E-state index contributed by atoms with van der Waals surface area (Å²) in [5.74, 6) is -0.783. The molecule has 0 radical (unpaired) electrons. The van der Waals surface area contributed by atoms with E-state index in [4.69, 9.17) is 5.11 Å². The van der Waals surface area contributed by atoms with Crippen LogP contribution < -0.4 is 10.6 Å². The van der Waals surface area contributed by atoms with Gasteiger partial charge in [-0.3, -0.25) is 4.79 Å². The maximum atomic E-state index is 10.8. The third-order valence-electron chi connectivity index (χ3n) is 3.05. The summed E-state index contributed by atoms with van der Waals surface area (Å²) in [7, 11) is 0. The van der Waals surface area contributed by atoms with Gasteiger partial charge in [-0.15, -0.1) is 0 Å². The van der Waals surface area contributed by atoms with Gasteiger partial charge in [-0.1, -0.05) is 0 Å². The number of piperidine rings is 1. The average molecular weight is 252 g/mol. The van der Waals surface area contributed by atoms with E-state index in [1.165, 1.54) is 0 Å². The topological polar surface area (TPSA) is 61.4 Å². The molecular weight excluding hydrogens is 227 g/mol. The van der Waals surface area contributed by atoms with Crippen LogP contribution in [0.15, 0.2) is 0 Å². The number of carbonyl (C=O) groups is 1. The second-order valence-electron chi connectivity index (χ2n) is 6.22. The first-order chi connectivity index (χ1) is 7.11. The fourth-order valence-corrected chi connectivity index (χ4v) is 2.86. The van der Waals surface area contributed by atoms with Crippen LogP contribution >= 0.6 is 0 Å². The molecule has 1 atom stereocenters. The molecule has 0 aromatic carbocycles. The van der Waals surface area contributed by atoms with Gasteiger partial charge in [0.25, 0.3) is 0 Å². The summed E-state index contributed by atoms with van der Waals surface area (Å²) in [4.78, 5) is 10.8.